The number of hydrogen-bond donors (Lipinski definition) is 0. The standard InChI is InChI=1S/C26H32N2O4S/c1-3-15-27(17-20-7-8-20)26(30)22-5-4-6-24(16-22)28(19(2)29)23-11-13-25(14-12-23)33(31,32)18-21-9-10-21/h4-6,11-14,16,20-21H,3,7-10,15,17-18H2,1-2H3. The van der Waals surface area contributed by atoms with E-state index >= 15 is 0 Å². The zero-order chi connectivity index (χ0) is 23.6. The van der Waals surface area contributed by atoms with Gasteiger partial charge in [-0.1, -0.05) is 13.0 Å². The Bertz CT molecular complexity index is 1120. The van der Waals surface area contributed by atoms with E-state index in [1.807, 2.05) is 4.90 Å². The van der Waals surface area contributed by atoms with Crippen molar-refractivity contribution in [3.63, 3.8) is 0 Å². The van der Waals surface area contributed by atoms with Gasteiger partial charge in [-0.25, -0.2) is 8.42 Å². The molecule has 0 bridgehead atoms. The number of rotatable bonds is 10. The van der Waals surface area contributed by atoms with Crippen LogP contribution < -0.4 is 4.90 Å². The third-order valence-electron chi connectivity index (χ3n) is 6.23. The van der Waals surface area contributed by atoms with Crippen molar-refractivity contribution in [2.45, 2.75) is 50.8 Å². The van der Waals surface area contributed by atoms with Gasteiger partial charge in [0.1, 0.15) is 0 Å². The van der Waals surface area contributed by atoms with E-state index in [-0.39, 0.29) is 28.4 Å². The Morgan fingerprint density at radius 3 is 2.18 bits per heavy atom. The van der Waals surface area contributed by atoms with Crippen molar-refractivity contribution in [3.8, 4) is 0 Å². The predicted molar refractivity (Wildman–Crippen MR) is 129 cm³/mol. The summed E-state index contributed by atoms with van der Waals surface area (Å²) in [6, 6.07) is 13.6. The van der Waals surface area contributed by atoms with Gasteiger partial charge in [0, 0.05) is 37.0 Å². The molecule has 6 nitrogen and oxygen atoms in total. The number of hydrogen-bond acceptors (Lipinski definition) is 4. The minimum Gasteiger partial charge on any atom is -0.338 e. The summed E-state index contributed by atoms with van der Waals surface area (Å²) in [5, 5.41) is 0. The second-order valence-corrected chi connectivity index (χ2v) is 11.4. The normalized spacial score (nSPS) is 15.8. The lowest BCUT2D eigenvalue weighted by Gasteiger charge is -2.25. The van der Waals surface area contributed by atoms with Crippen molar-refractivity contribution in [3.05, 3.63) is 54.1 Å². The maximum atomic E-state index is 13.2. The predicted octanol–water partition coefficient (Wildman–Crippen LogP) is 4.82. The van der Waals surface area contributed by atoms with E-state index in [0.717, 1.165) is 25.8 Å². The molecular weight excluding hydrogens is 436 g/mol. The summed E-state index contributed by atoms with van der Waals surface area (Å²) >= 11 is 0. The van der Waals surface area contributed by atoms with Gasteiger partial charge in [-0.2, -0.15) is 0 Å². The Morgan fingerprint density at radius 1 is 0.939 bits per heavy atom. The maximum absolute atomic E-state index is 13.2. The molecule has 7 heteroatoms. The minimum absolute atomic E-state index is 0.0179. The fraction of sp³-hybridized carbons (Fsp3) is 0.462. The first-order valence-electron chi connectivity index (χ1n) is 11.8. The molecule has 2 fully saturated rings. The van der Waals surface area contributed by atoms with Crippen molar-refractivity contribution in [1.29, 1.82) is 0 Å². The Hall–Kier alpha value is -2.67. The van der Waals surface area contributed by atoms with Crippen molar-refractivity contribution < 1.29 is 18.0 Å². The van der Waals surface area contributed by atoms with Gasteiger partial charge in [0.05, 0.1) is 10.6 Å². The molecular formula is C26H32N2O4S. The SMILES string of the molecule is CCCN(CC1CC1)C(=O)c1cccc(N(C(C)=O)c2ccc(S(=O)(=O)CC3CC3)cc2)c1. The molecule has 0 saturated heterocycles. The van der Waals surface area contributed by atoms with E-state index in [1.54, 1.807) is 48.5 Å². The molecule has 0 radical (unpaired) electrons. The smallest absolute Gasteiger partial charge is 0.253 e. The zero-order valence-corrected chi connectivity index (χ0v) is 20.2. The number of sulfone groups is 1. The quantitative estimate of drug-likeness (QED) is 0.501. The first kappa shape index (κ1) is 23.5. The Balaban J connectivity index is 1.58. The molecule has 4 rings (SSSR count). The van der Waals surface area contributed by atoms with Crippen molar-refractivity contribution >= 4 is 33.0 Å². The van der Waals surface area contributed by atoms with E-state index in [0.29, 0.717) is 29.4 Å². The summed E-state index contributed by atoms with van der Waals surface area (Å²) in [5.74, 6) is 0.831. The molecule has 176 valence electrons. The fourth-order valence-electron chi connectivity index (χ4n) is 4.12. The number of carbonyl (C=O) groups is 2. The number of anilines is 2. The first-order chi connectivity index (χ1) is 15.8. The third-order valence-corrected chi connectivity index (χ3v) is 8.13. The summed E-state index contributed by atoms with van der Waals surface area (Å²) in [7, 11) is -3.32. The zero-order valence-electron chi connectivity index (χ0n) is 19.4. The van der Waals surface area contributed by atoms with E-state index < -0.39 is 9.84 Å². The molecule has 0 heterocycles. The van der Waals surface area contributed by atoms with Gasteiger partial charge in [0.25, 0.3) is 5.91 Å². The number of amides is 2. The Morgan fingerprint density at radius 2 is 1.61 bits per heavy atom. The number of carbonyl (C=O) groups excluding carboxylic acids is 2. The molecule has 0 unspecified atom stereocenters. The Labute approximate surface area is 196 Å². The second kappa shape index (κ2) is 9.67. The van der Waals surface area contributed by atoms with Gasteiger partial charge in [0.2, 0.25) is 5.91 Å². The highest BCUT2D eigenvalue weighted by atomic mass is 32.2. The lowest BCUT2D eigenvalue weighted by molar-refractivity contribution is -0.115. The van der Waals surface area contributed by atoms with Crippen LogP contribution in [0.1, 0.15) is 56.3 Å². The molecule has 2 aromatic carbocycles. The number of nitrogens with zero attached hydrogens (tertiary/aromatic N) is 2. The highest BCUT2D eigenvalue weighted by Crippen LogP contribution is 2.34. The van der Waals surface area contributed by atoms with Crippen molar-refractivity contribution in [2.75, 3.05) is 23.7 Å². The molecule has 2 aromatic rings. The van der Waals surface area contributed by atoms with Crippen LogP contribution in [0.5, 0.6) is 0 Å². The van der Waals surface area contributed by atoms with Crippen LogP contribution in [0.25, 0.3) is 0 Å². The van der Waals surface area contributed by atoms with Crippen LogP contribution in [0.4, 0.5) is 11.4 Å². The molecule has 0 aliphatic heterocycles. The average Bonchev–Trinajstić information content (AvgIpc) is 3.71. The van der Waals surface area contributed by atoms with E-state index in [4.69, 9.17) is 0 Å². The Kier molecular flexibility index (Phi) is 6.88. The largest absolute Gasteiger partial charge is 0.338 e. The lowest BCUT2D eigenvalue weighted by atomic mass is 10.1. The molecule has 2 amide bonds. The van der Waals surface area contributed by atoms with Gasteiger partial charge in [0.15, 0.2) is 9.84 Å². The maximum Gasteiger partial charge on any atom is 0.253 e. The van der Waals surface area contributed by atoms with Crippen LogP contribution in [-0.4, -0.2) is 44.0 Å². The molecule has 0 N–H and O–H groups in total. The van der Waals surface area contributed by atoms with Gasteiger partial charge in [-0.3, -0.25) is 14.5 Å². The van der Waals surface area contributed by atoms with Gasteiger partial charge >= 0.3 is 0 Å². The highest BCUT2D eigenvalue weighted by Gasteiger charge is 2.29. The van der Waals surface area contributed by atoms with E-state index in [2.05, 4.69) is 6.92 Å². The average molecular weight is 469 g/mol. The second-order valence-electron chi connectivity index (χ2n) is 9.32. The monoisotopic (exact) mass is 468 g/mol. The van der Waals surface area contributed by atoms with Crippen molar-refractivity contribution in [2.24, 2.45) is 11.8 Å². The summed E-state index contributed by atoms with van der Waals surface area (Å²) in [6.07, 6.45) is 5.20. The first-order valence-corrected chi connectivity index (χ1v) is 13.5. The summed E-state index contributed by atoms with van der Waals surface area (Å²) < 4.78 is 25.1. The molecule has 33 heavy (non-hydrogen) atoms. The van der Waals surface area contributed by atoms with Crippen LogP contribution in [-0.2, 0) is 14.6 Å². The molecule has 0 spiro atoms. The van der Waals surface area contributed by atoms with Gasteiger partial charge in [-0.15, -0.1) is 0 Å². The molecule has 0 atom stereocenters. The van der Waals surface area contributed by atoms with Crippen LogP contribution in [0.3, 0.4) is 0 Å². The molecule has 2 aliphatic carbocycles. The van der Waals surface area contributed by atoms with Crippen molar-refractivity contribution in [1.82, 2.24) is 4.90 Å². The van der Waals surface area contributed by atoms with Crippen LogP contribution in [0.2, 0.25) is 0 Å². The topological polar surface area (TPSA) is 74.8 Å². The summed E-state index contributed by atoms with van der Waals surface area (Å²) in [6.45, 7) is 5.02. The van der Waals surface area contributed by atoms with Gasteiger partial charge < -0.3 is 4.90 Å². The third kappa shape index (κ3) is 5.82. The number of benzene rings is 2. The van der Waals surface area contributed by atoms with E-state index in [1.165, 1.54) is 24.7 Å². The minimum atomic E-state index is -3.32. The highest BCUT2D eigenvalue weighted by molar-refractivity contribution is 7.91. The lowest BCUT2D eigenvalue weighted by Crippen LogP contribution is -2.33. The summed E-state index contributed by atoms with van der Waals surface area (Å²) in [4.78, 5) is 29.4. The van der Waals surface area contributed by atoms with Crippen LogP contribution in [0, 0.1) is 11.8 Å². The molecule has 0 aromatic heterocycles. The fourth-order valence-corrected chi connectivity index (χ4v) is 5.82. The van der Waals surface area contributed by atoms with Gasteiger partial charge in [-0.05, 0) is 86.4 Å². The van der Waals surface area contributed by atoms with Crippen LogP contribution >= 0.6 is 0 Å². The summed E-state index contributed by atoms with van der Waals surface area (Å²) in [5.41, 5.74) is 1.71. The molecule has 2 saturated carbocycles. The van der Waals surface area contributed by atoms with E-state index in [9.17, 15) is 18.0 Å². The molecule has 2 aliphatic rings. The van der Waals surface area contributed by atoms with Crippen LogP contribution in [0.15, 0.2) is 53.4 Å².